The van der Waals surface area contributed by atoms with Gasteiger partial charge in [0, 0.05) is 5.56 Å². The van der Waals surface area contributed by atoms with Gasteiger partial charge in [0.25, 0.3) is 0 Å². The van der Waals surface area contributed by atoms with Crippen LogP contribution in [0.2, 0.25) is 10.0 Å². The van der Waals surface area contributed by atoms with E-state index in [4.69, 9.17) is 32.7 Å². The number of halogens is 2. The van der Waals surface area contributed by atoms with Crippen LogP contribution >= 0.6 is 23.2 Å². The summed E-state index contributed by atoms with van der Waals surface area (Å²) in [7, 11) is 1.54. The summed E-state index contributed by atoms with van der Waals surface area (Å²) >= 11 is 11.9. The van der Waals surface area contributed by atoms with Crippen molar-refractivity contribution in [2.45, 2.75) is 13.0 Å². The SMILES string of the molecule is COc1ccc(C(=O)[C@@H](C)OC(=O)c2c(Cl)cccc2Cl)cc1. The van der Waals surface area contributed by atoms with E-state index < -0.39 is 12.1 Å². The van der Waals surface area contributed by atoms with Crippen LogP contribution in [0.15, 0.2) is 42.5 Å². The Bertz CT molecular complexity index is 706. The Kier molecular flexibility index (Phi) is 5.64. The molecule has 0 aliphatic heterocycles. The minimum Gasteiger partial charge on any atom is -0.497 e. The number of ether oxygens (including phenoxy) is 2. The molecule has 0 saturated heterocycles. The highest BCUT2D eigenvalue weighted by Gasteiger charge is 2.23. The molecule has 0 amide bonds. The van der Waals surface area contributed by atoms with Crippen molar-refractivity contribution in [3.63, 3.8) is 0 Å². The van der Waals surface area contributed by atoms with Gasteiger partial charge in [0.2, 0.25) is 5.78 Å². The van der Waals surface area contributed by atoms with Crippen LogP contribution in [0.3, 0.4) is 0 Å². The van der Waals surface area contributed by atoms with E-state index >= 15 is 0 Å². The standard InChI is InChI=1S/C17H14Cl2O4/c1-10(16(20)11-6-8-12(22-2)9-7-11)23-17(21)15-13(18)4-3-5-14(15)19/h3-10H,1-2H3/t10-/m1/s1. The fraction of sp³-hybridized carbons (Fsp3) is 0.176. The highest BCUT2D eigenvalue weighted by Crippen LogP contribution is 2.25. The van der Waals surface area contributed by atoms with Crippen LogP contribution in [0.4, 0.5) is 0 Å². The van der Waals surface area contributed by atoms with Gasteiger partial charge in [-0.25, -0.2) is 4.79 Å². The average molecular weight is 353 g/mol. The summed E-state index contributed by atoms with van der Waals surface area (Å²) in [5.74, 6) is -0.437. The quantitative estimate of drug-likeness (QED) is 0.589. The number of Topliss-reactive ketones (excluding diaryl/α,β-unsaturated/α-hetero) is 1. The van der Waals surface area contributed by atoms with Crippen molar-refractivity contribution in [1.29, 1.82) is 0 Å². The number of ketones is 1. The molecular weight excluding hydrogens is 339 g/mol. The van der Waals surface area contributed by atoms with Crippen LogP contribution in [-0.4, -0.2) is 25.0 Å². The molecule has 0 radical (unpaired) electrons. The lowest BCUT2D eigenvalue weighted by molar-refractivity contribution is 0.0319. The molecule has 2 rings (SSSR count). The number of rotatable bonds is 5. The molecule has 0 unspecified atom stereocenters. The number of benzene rings is 2. The molecule has 0 heterocycles. The maximum atomic E-state index is 12.3. The van der Waals surface area contributed by atoms with Crippen LogP contribution < -0.4 is 4.74 Å². The first-order valence-corrected chi connectivity index (χ1v) is 7.53. The fourth-order valence-corrected chi connectivity index (χ4v) is 2.51. The molecule has 120 valence electrons. The molecule has 0 aliphatic carbocycles. The van der Waals surface area contributed by atoms with Crippen molar-refractivity contribution in [3.8, 4) is 5.75 Å². The first-order chi connectivity index (χ1) is 10.9. The smallest absolute Gasteiger partial charge is 0.341 e. The second kappa shape index (κ2) is 7.49. The van der Waals surface area contributed by atoms with Crippen molar-refractivity contribution >= 4 is 35.0 Å². The molecule has 2 aromatic rings. The van der Waals surface area contributed by atoms with Crippen molar-refractivity contribution in [1.82, 2.24) is 0 Å². The zero-order chi connectivity index (χ0) is 17.0. The van der Waals surface area contributed by atoms with Crippen molar-refractivity contribution in [3.05, 3.63) is 63.6 Å². The Morgan fingerprint density at radius 2 is 1.57 bits per heavy atom. The summed E-state index contributed by atoms with van der Waals surface area (Å²) in [5.41, 5.74) is 0.460. The first kappa shape index (κ1) is 17.3. The second-order valence-electron chi connectivity index (χ2n) is 4.74. The Balaban J connectivity index is 2.12. The molecule has 0 aliphatic rings. The van der Waals surface area contributed by atoms with Crippen LogP contribution in [0.5, 0.6) is 5.75 Å². The first-order valence-electron chi connectivity index (χ1n) is 6.77. The summed E-state index contributed by atoms with van der Waals surface area (Å²) in [6.45, 7) is 1.50. The van der Waals surface area contributed by atoms with E-state index in [1.165, 1.54) is 26.2 Å². The molecule has 1 atom stereocenters. The van der Waals surface area contributed by atoms with Gasteiger partial charge in [-0.2, -0.15) is 0 Å². The predicted octanol–water partition coefficient (Wildman–Crippen LogP) is 4.43. The van der Waals surface area contributed by atoms with E-state index in [0.717, 1.165) is 0 Å². The Labute approximate surface area is 143 Å². The van der Waals surface area contributed by atoms with Crippen molar-refractivity contribution < 1.29 is 19.1 Å². The Morgan fingerprint density at radius 1 is 1.00 bits per heavy atom. The summed E-state index contributed by atoms with van der Waals surface area (Å²) in [4.78, 5) is 24.5. The predicted molar refractivity (Wildman–Crippen MR) is 88.7 cm³/mol. The number of hydrogen-bond donors (Lipinski definition) is 0. The molecule has 0 N–H and O–H groups in total. The summed E-state index contributed by atoms with van der Waals surface area (Å²) < 4.78 is 10.2. The van der Waals surface area contributed by atoms with Crippen LogP contribution in [-0.2, 0) is 4.74 Å². The zero-order valence-electron chi connectivity index (χ0n) is 12.5. The summed E-state index contributed by atoms with van der Waals surface area (Å²) in [6, 6.07) is 11.2. The van der Waals surface area contributed by atoms with Gasteiger partial charge in [0.15, 0.2) is 6.10 Å². The molecule has 0 aromatic heterocycles. The lowest BCUT2D eigenvalue weighted by Crippen LogP contribution is -2.24. The highest BCUT2D eigenvalue weighted by molar-refractivity contribution is 6.39. The Morgan fingerprint density at radius 3 is 2.09 bits per heavy atom. The number of hydrogen-bond acceptors (Lipinski definition) is 4. The number of carbonyl (C=O) groups is 2. The molecule has 4 nitrogen and oxygen atoms in total. The van der Waals surface area contributed by atoms with E-state index in [9.17, 15) is 9.59 Å². The normalized spacial score (nSPS) is 11.7. The lowest BCUT2D eigenvalue weighted by Gasteiger charge is -2.14. The molecule has 0 spiro atoms. The summed E-state index contributed by atoms with van der Waals surface area (Å²) in [6.07, 6.45) is -0.969. The second-order valence-corrected chi connectivity index (χ2v) is 5.55. The maximum Gasteiger partial charge on any atom is 0.341 e. The molecule has 0 saturated carbocycles. The highest BCUT2D eigenvalue weighted by atomic mass is 35.5. The van der Waals surface area contributed by atoms with Crippen LogP contribution in [0.1, 0.15) is 27.6 Å². The van der Waals surface area contributed by atoms with Gasteiger partial charge in [-0.3, -0.25) is 4.79 Å². The third-order valence-electron chi connectivity index (χ3n) is 3.19. The number of esters is 1. The lowest BCUT2D eigenvalue weighted by atomic mass is 10.1. The van der Waals surface area contributed by atoms with Gasteiger partial charge >= 0.3 is 5.97 Å². The van der Waals surface area contributed by atoms with E-state index in [-0.39, 0.29) is 21.4 Å². The molecule has 23 heavy (non-hydrogen) atoms. The molecular formula is C17H14Cl2O4. The van der Waals surface area contributed by atoms with Gasteiger partial charge in [-0.1, -0.05) is 29.3 Å². The minimum absolute atomic E-state index is 0.0465. The molecule has 0 fully saturated rings. The van der Waals surface area contributed by atoms with Crippen molar-refractivity contribution in [2.75, 3.05) is 7.11 Å². The van der Waals surface area contributed by atoms with Gasteiger partial charge in [0.05, 0.1) is 22.7 Å². The van der Waals surface area contributed by atoms with Gasteiger partial charge < -0.3 is 9.47 Å². The fourth-order valence-electron chi connectivity index (χ4n) is 1.96. The zero-order valence-corrected chi connectivity index (χ0v) is 14.0. The maximum absolute atomic E-state index is 12.3. The largest absolute Gasteiger partial charge is 0.497 e. The molecule has 0 bridgehead atoms. The number of carbonyl (C=O) groups excluding carboxylic acids is 2. The average Bonchev–Trinajstić information content (AvgIpc) is 2.54. The van der Waals surface area contributed by atoms with Crippen LogP contribution in [0.25, 0.3) is 0 Å². The third-order valence-corrected chi connectivity index (χ3v) is 3.82. The van der Waals surface area contributed by atoms with Gasteiger partial charge in [0.1, 0.15) is 5.75 Å². The number of methoxy groups -OCH3 is 1. The van der Waals surface area contributed by atoms with E-state index in [1.807, 2.05) is 0 Å². The van der Waals surface area contributed by atoms with E-state index in [1.54, 1.807) is 30.3 Å². The van der Waals surface area contributed by atoms with Gasteiger partial charge in [-0.15, -0.1) is 0 Å². The topological polar surface area (TPSA) is 52.6 Å². The van der Waals surface area contributed by atoms with Crippen LogP contribution in [0, 0.1) is 0 Å². The van der Waals surface area contributed by atoms with E-state index in [2.05, 4.69) is 0 Å². The molecule has 6 heteroatoms. The Hall–Kier alpha value is -2.04. The molecule has 2 aromatic carbocycles. The third kappa shape index (κ3) is 4.03. The monoisotopic (exact) mass is 352 g/mol. The van der Waals surface area contributed by atoms with Gasteiger partial charge in [-0.05, 0) is 43.3 Å². The minimum atomic E-state index is -0.969. The van der Waals surface area contributed by atoms with E-state index in [0.29, 0.717) is 11.3 Å². The summed E-state index contributed by atoms with van der Waals surface area (Å²) in [5, 5.41) is 0.346. The van der Waals surface area contributed by atoms with Crippen molar-refractivity contribution in [2.24, 2.45) is 0 Å².